The van der Waals surface area contributed by atoms with Gasteiger partial charge in [0.25, 0.3) is 0 Å². The van der Waals surface area contributed by atoms with Gasteiger partial charge in [-0.2, -0.15) is 0 Å². The van der Waals surface area contributed by atoms with Gasteiger partial charge in [0.2, 0.25) is 0 Å². The molecule has 0 saturated heterocycles. The Balaban J connectivity index is 0.956. The number of hydrogen-bond acceptors (Lipinski definition) is 6. The molecule has 0 aliphatic heterocycles. The van der Waals surface area contributed by atoms with Gasteiger partial charge in [0, 0.05) is 45.8 Å². The van der Waals surface area contributed by atoms with Crippen LogP contribution in [0.4, 0.5) is 0 Å². The molecule has 2 aromatic heterocycles. The van der Waals surface area contributed by atoms with Crippen LogP contribution in [0, 0.1) is 0 Å². The van der Waals surface area contributed by atoms with Gasteiger partial charge in [-0.1, -0.05) is 109 Å². The SMILES string of the molecule is CCOc1ccc2ccccc2c1-c1c(OCC)ccc2cc(-c3ccc(-c4ccc(-c5ccc6c(-c7c(OCC)ccc8ccccc78)c(OCC)ccc6c5)cn4)nc3)ccc12. The molecule has 0 spiro atoms. The number of hydrogen-bond donors (Lipinski definition) is 0. The normalized spacial score (nSPS) is 11.4. The van der Waals surface area contributed by atoms with Gasteiger partial charge in [-0.15, -0.1) is 0 Å². The second-order valence-corrected chi connectivity index (χ2v) is 15.7. The Kier molecular flexibility index (Phi) is 11.1. The van der Waals surface area contributed by atoms with Crippen molar-refractivity contribution in [3.8, 4) is 78.9 Å². The average Bonchev–Trinajstić information content (AvgIpc) is 3.34. The Hall–Kier alpha value is -7.70. The molecular formula is C58H48N2O4. The van der Waals surface area contributed by atoms with E-state index in [2.05, 4.69) is 146 Å². The van der Waals surface area contributed by atoms with E-state index in [1.54, 1.807) is 0 Å². The van der Waals surface area contributed by atoms with Crippen molar-refractivity contribution in [3.63, 3.8) is 0 Å². The maximum absolute atomic E-state index is 6.27. The highest BCUT2D eigenvalue weighted by Gasteiger charge is 2.21. The van der Waals surface area contributed by atoms with E-state index in [4.69, 9.17) is 28.9 Å². The Labute approximate surface area is 373 Å². The summed E-state index contributed by atoms with van der Waals surface area (Å²) in [5, 5.41) is 8.98. The lowest BCUT2D eigenvalue weighted by Crippen LogP contribution is -1.99. The minimum Gasteiger partial charge on any atom is -0.493 e. The summed E-state index contributed by atoms with van der Waals surface area (Å²) in [7, 11) is 0. The van der Waals surface area contributed by atoms with E-state index in [1.807, 2.05) is 52.2 Å². The first kappa shape index (κ1) is 40.4. The van der Waals surface area contributed by atoms with Crippen LogP contribution >= 0.6 is 0 Å². The summed E-state index contributed by atoms with van der Waals surface area (Å²) in [5.41, 5.74) is 10.00. The molecule has 6 heteroatoms. The molecule has 0 unspecified atom stereocenters. The van der Waals surface area contributed by atoms with Crippen molar-refractivity contribution in [2.45, 2.75) is 27.7 Å². The molecule has 0 amide bonds. The largest absolute Gasteiger partial charge is 0.493 e. The zero-order valence-corrected chi connectivity index (χ0v) is 36.5. The minimum atomic E-state index is 0.560. The van der Waals surface area contributed by atoms with E-state index in [1.165, 1.54) is 0 Å². The monoisotopic (exact) mass is 836 g/mol. The highest BCUT2D eigenvalue weighted by molar-refractivity contribution is 6.12. The highest BCUT2D eigenvalue weighted by Crippen LogP contribution is 2.48. The van der Waals surface area contributed by atoms with Crippen LogP contribution in [0.5, 0.6) is 23.0 Å². The molecule has 0 aliphatic carbocycles. The molecule has 10 aromatic rings. The van der Waals surface area contributed by atoms with Crippen molar-refractivity contribution in [1.82, 2.24) is 9.97 Å². The number of aromatic nitrogens is 2. The molecule has 0 saturated carbocycles. The molecule has 0 bridgehead atoms. The second kappa shape index (κ2) is 17.6. The number of ether oxygens (including phenoxy) is 4. The van der Waals surface area contributed by atoms with Gasteiger partial charge in [-0.25, -0.2) is 0 Å². The standard InChI is InChI=1S/C58H48N2O4/c1-5-61-51-29-21-37-13-9-11-15-45(37)55(51)57-47-25-17-39(33-41(47)23-31-53(57)63-7-3)43-19-27-49(59-35-43)50-28-20-44(36-60-50)40-18-26-48-42(34-40)24-32-54(64-8-4)58(48)56-46-16-12-10-14-38(46)22-30-52(56)62-6-2/h9-36H,5-8H2,1-4H3. The summed E-state index contributed by atoms with van der Waals surface area (Å²) in [6.07, 6.45) is 3.87. The predicted molar refractivity (Wildman–Crippen MR) is 264 cm³/mol. The fourth-order valence-electron chi connectivity index (χ4n) is 9.05. The third-order valence-electron chi connectivity index (χ3n) is 11.9. The van der Waals surface area contributed by atoms with E-state index in [0.29, 0.717) is 26.4 Å². The quantitative estimate of drug-likeness (QED) is 0.115. The number of nitrogens with zero attached hydrogens (tertiary/aromatic N) is 2. The number of fused-ring (bicyclic) bond motifs is 4. The van der Waals surface area contributed by atoms with Crippen molar-refractivity contribution < 1.29 is 18.9 Å². The van der Waals surface area contributed by atoms with Gasteiger partial charge in [0.15, 0.2) is 0 Å². The van der Waals surface area contributed by atoms with E-state index in [9.17, 15) is 0 Å². The van der Waals surface area contributed by atoms with Gasteiger partial charge in [-0.05, 0) is 130 Å². The molecule has 0 radical (unpaired) electrons. The summed E-state index contributed by atoms with van der Waals surface area (Å²) in [6.45, 7) is 10.3. The topological polar surface area (TPSA) is 62.7 Å². The fourth-order valence-corrected chi connectivity index (χ4v) is 9.05. The van der Waals surface area contributed by atoms with Crippen LogP contribution < -0.4 is 18.9 Å². The van der Waals surface area contributed by atoms with E-state index < -0.39 is 0 Å². The summed E-state index contributed by atoms with van der Waals surface area (Å²) in [4.78, 5) is 9.80. The summed E-state index contributed by atoms with van der Waals surface area (Å²) in [6, 6.07) is 55.3. The van der Waals surface area contributed by atoms with Crippen LogP contribution in [-0.2, 0) is 0 Å². The lowest BCUT2D eigenvalue weighted by Gasteiger charge is -2.19. The molecular weight excluding hydrogens is 789 g/mol. The lowest BCUT2D eigenvalue weighted by molar-refractivity contribution is 0.337. The lowest BCUT2D eigenvalue weighted by atomic mass is 9.91. The molecule has 0 fully saturated rings. The van der Waals surface area contributed by atoms with Crippen LogP contribution in [0.2, 0.25) is 0 Å². The Morgan fingerprint density at radius 2 is 0.641 bits per heavy atom. The van der Waals surface area contributed by atoms with Crippen LogP contribution in [0.15, 0.2) is 170 Å². The Morgan fingerprint density at radius 1 is 0.312 bits per heavy atom. The van der Waals surface area contributed by atoms with E-state index in [-0.39, 0.29) is 0 Å². The molecule has 0 atom stereocenters. The molecule has 8 aromatic carbocycles. The highest BCUT2D eigenvalue weighted by atomic mass is 16.5. The average molecular weight is 837 g/mol. The Bertz CT molecular complexity index is 3100. The first-order valence-electron chi connectivity index (χ1n) is 22.2. The molecule has 314 valence electrons. The van der Waals surface area contributed by atoms with Gasteiger partial charge < -0.3 is 18.9 Å². The maximum Gasteiger partial charge on any atom is 0.127 e. The first-order chi connectivity index (χ1) is 31.6. The maximum atomic E-state index is 6.27. The zero-order chi connectivity index (χ0) is 43.6. The number of pyridine rings is 2. The Morgan fingerprint density at radius 3 is 0.984 bits per heavy atom. The van der Waals surface area contributed by atoms with Crippen LogP contribution in [-0.4, -0.2) is 36.4 Å². The van der Waals surface area contributed by atoms with Gasteiger partial charge in [-0.3, -0.25) is 9.97 Å². The molecule has 2 heterocycles. The summed E-state index contributed by atoms with van der Waals surface area (Å²) < 4.78 is 25.0. The van der Waals surface area contributed by atoms with Crippen molar-refractivity contribution in [1.29, 1.82) is 0 Å². The third-order valence-corrected chi connectivity index (χ3v) is 11.9. The first-order valence-corrected chi connectivity index (χ1v) is 22.2. The molecule has 64 heavy (non-hydrogen) atoms. The van der Waals surface area contributed by atoms with Crippen molar-refractivity contribution in [2.24, 2.45) is 0 Å². The van der Waals surface area contributed by atoms with E-state index in [0.717, 1.165) is 122 Å². The van der Waals surface area contributed by atoms with Crippen molar-refractivity contribution in [3.05, 3.63) is 170 Å². The van der Waals surface area contributed by atoms with Gasteiger partial charge >= 0.3 is 0 Å². The van der Waals surface area contributed by atoms with Crippen LogP contribution in [0.1, 0.15) is 27.7 Å². The molecule has 6 nitrogen and oxygen atoms in total. The predicted octanol–water partition coefficient (Wildman–Crippen LogP) is 15.0. The molecule has 0 aliphatic rings. The molecule has 0 N–H and O–H groups in total. The zero-order valence-electron chi connectivity index (χ0n) is 36.5. The van der Waals surface area contributed by atoms with E-state index >= 15 is 0 Å². The molecule has 10 rings (SSSR count). The number of benzene rings is 8. The summed E-state index contributed by atoms with van der Waals surface area (Å²) >= 11 is 0. The smallest absolute Gasteiger partial charge is 0.127 e. The van der Waals surface area contributed by atoms with Gasteiger partial charge in [0.1, 0.15) is 23.0 Å². The second-order valence-electron chi connectivity index (χ2n) is 15.7. The minimum absolute atomic E-state index is 0.560. The summed E-state index contributed by atoms with van der Waals surface area (Å²) in [5.74, 6) is 3.36. The van der Waals surface area contributed by atoms with Crippen molar-refractivity contribution in [2.75, 3.05) is 26.4 Å². The fraction of sp³-hybridized carbons (Fsp3) is 0.138. The van der Waals surface area contributed by atoms with Crippen molar-refractivity contribution >= 4 is 43.1 Å². The number of rotatable bonds is 13. The van der Waals surface area contributed by atoms with Crippen LogP contribution in [0.25, 0.3) is 99.0 Å². The van der Waals surface area contributed by atoms with Gasteiger partial charge in [0.05, 0.1) is 37.8 Å². The van der Waals surface area contributed by atoms with Crippen LogP contribution in [0.3, 0.4) is 0 Å². The third kappa shape index (κ3) is 7.41.